The number of hydrogen-bond acceptors (Lipinski definition) is 2. The van der Waals surface area contributed by atoms with Gasteiger partial charge in [0.15, 0.2) is 0 Å². The van der Waals surface area contributed by atoms with Crippen molar-refractivity contribution >= 4 is 23.7 Å². The van der Waals surface area contributed by atoms with Crippen LogP contribution in [0.25, 0.3) is 12.2 Å². The van der Waals surface area contributed by atoms with Gasteiger partial charge in [-0.15, -0.1) is 0 Å². The molecule has 3 nitrogen and oxygen atoms in total. The lowest BCUT2D eigenvalue weighted by Gasteiger charge is -2.05. The van der Waals surface area contributed by atoms with E-state index in [0.717, 1.165) is 27.9 Å². The number of aromatic hydroxyl groups is 1. The Bertz CT molecular complexity index is 705. The monoisotopic (exact) mass is 293 g/mol. The predicted octanol–water partition coefficient (Wildman–Crippen LogP) is 4.30. The molecule has 0 aliphatic heterocycles. The number of carbonyl (C=O) groups excluding carboxylic acids is 1. The predicted molar refractivity (Wildman–Crippen MR) is 91.8 cm³/mol. The van der Waals surface area contributed by atoms with Gasteiger partial charge in [-0.3, -0.25) is 4.79 Å². The summed E-state index contributed by atoms with van der Waals surface area (Å²) in [4.78, 5) is 11.2. The van der Waals surface area contributed by atoms with Gasteiger partial charge in [0.2, 0.25) is 5.91 Å². The highest BCUT2D eigenvalue weighted by atomic mass is 16.3. The van der Waals surface area contributed by atoms with Crippen molar-refractivity contribution in [2.24, 2.45) is 0 Å². The van der Waals surface area contributed by atoms with E-state index in [2.05, 4.69) is 11.9 Å². The molecule has 0 heterocycles. The molecule has 2 aromatic rings. The zero-order valence-electron chi connectivity index (χ0n) is 12.8. The summed E-state index contributed by atoms with van der Waals surface area (Å²) >= 11 is 0. The Kier molecular flexibility index (Phi) is 4.79. The van der Waals surface area contributed by atoms with Crippen LogP contribution in [0.3, 0.4) is 0 Å². The van der Waals surface area contributed by atoms with E-state index in [4.69, 9.17) is 0 Å². The lowest BCUT2D eigenvalue weighted by atomic mass is 10.0. The number of phenols is 1. The van der Waals surface area contributed by atoms with Gasteiger partial charge in [0.1, 0.15) is 5.75 Å². The van der Waals surface area contributed by atoms with Gasteiger partial charge in [0.05, 0.1) is 0 Å². The van der Waals surface area contributed by atoms with E-state index < -0.39 is 0 Å². The van der Waals surface area contributed by atoms with Crippen molar-refractivity contribution in [2.45, 2.75) is 13.8 Å². The third-order valence-corrected chi connectivity index (χ3v) is 3.35. The van der Waals surface area contributed by atoms with Gasteiger partial charge < -0.3 is 10.4 Å². The second kappa shape index (κ2) is 6.76. The lowest BCUT2D eigenvalue weighted by molar-refractivity contribution is -0.111. The largest absolute Gasteiger partial charge is 0.507 e. The second-order valence-corrected chi connectivity index (χ2v) is 5.15. The minimum absolute atomic E-state index is 0.224. The van der Waals surface area contributed by atoms with Crippen molar-refractivity contribution in [3.63, 3.8) is 0 Å². The van der Waals surface area contributed by atoms with E-state index in [1.807, 2.05) is 62.4 Å². The first-order chi connectivity index (χ1) is 10.5. The molecule has 3 heteroatoms. The third-order valence-electron chi connectivity index (χ3n) is 3.35. The Hall–Kier alpha value is -2.81. The number of phenolic OH excluding ortho intramolecular Hbond substituents is 1. The molecule has 0 saturated carbocycles. The lowest BCUT2D eigenvalue weighted by Crippen LogP contribution is -2.06. The van der Waals surface area contributed by atoms with Crippen molar-refractivity contribution in [2.75, 3.05) is 5.32 Å². The first-order valence-electron chi connectivity index (χ1n) is 7.01. The van der Waals surface area contributed by atoms with Gasteiger partial charge in [-0.1, -0.05) is 30.9 Å². The summed E-state index contributed by atoms with van der Waals surface area (Å²) < 4.78 is 0. The zero-order valence-corrected chi connectivity index (χ0v) is 12.8. The fourth-order valence-electron chi connectivity index (χ4n) is 2.15. The highest BCUT2D eigenvalue weighted by molar-refractivity contribution is 5.98. The van der Waals surface area contributed by atoms with Crippen LogP contribution in [0.2, 0.25) is 0 Å². The number of rotatable bonds is 4. The quantitative estimate of drug-likeness (QED) is 0.652. The van der Waals surface area contributed by atoms with Crippen LogP contribution in [0.5, 0.6) is 5.75 Å². The van der Waals surface area contributed by atoms with E-state index in [1.165, 1.54) is 6.08 Å². The zero-order chi connectivity index (χ0) is 16.1. The Morgan fingerprint density at radius 3 is 2.14 bits per heavy atom. The van der Waals surface area contributed by atoms with E-state index in [9.17, 15) is 9.90 Å². The first-order valence-corrected chi connectivity index (χ1v) is 7.01. The van der Waals surface area contributed by atoms with Gasteiger partial charge >= 0.3 is 0 Å². The normalized spacial score (nSPS) is 10.6. The number of carbonyl (C=O) groups is 1. The standard InChI is InChI=1S/C19H19NO2/c1-4-18(21)20-17-9-7-15(8-10-17)5-6-16-11-13(2)19(22)14(3)12-16/h4-12,22H,1H2,2-3H3,(H,20,21). The molecule has 0 bridgehead atoms. The van der Waals surface area contributed by atoms with Crippen molar-refractivity contribution in [3.8, 4) is 5.75 Å². The summed E-state index contributed by atoms with van der Waals surface area (Å²) in [7, 11) is 0. The van der Waals surface area contributed by atoms with Crippen LogP contribution in [-0.2, 0) is 4.79 Å². The number of anilines is 1. The van der Waals surface area contributed by atoms with E-state index >= 15 is 0 Å². The highest BCUT2D eigenvalue weighted by Gasteiger charge is 2.01. The molecule has 0 atom stereocenters. The molecule has 0 aliphatic rings. The topological polar surface area (TPSA) is 49.3 Å². The summed E-state index contributed by atoms with van der Waals surface area (Å²) in [6, 6.07) is 11.4. The van der Waals surface area contributed by atoms with Gasteiger partial charge in [-0.05, 0) is 66.4 Å². The average Bonchev–Trinajstić information content (AvgIpc) is 2.51. The minimum Gasteiger partial charge on any atom is -0.507 e. The van der Waals surface area contributed by atoms with Gasteiger partial charge in [0, 0.05) is 5.69 Å². The van der Waals surface area contributed by atoms with Crippen LogP contribution >= 0.6 is 0 Å². The molecule has 112 valence electrons. The molecule has 2 rings (SSSR count). The van der Waals surface area contributed by atoms with Gasteiger partial charge in [-0.2, -0.15) is 0 Å². The molecule has 22 heavy (non-hydrogen) atoms. The highest BCUT2D eigenvalue weighted by Crippen LogP contribution is 2.24. The van der Waals surface area contributed by atoms with E-state index in [0.29, 0.717) is 5.75 Å². The maximum absolute atomic E-state index is 11.2. The fourth-order valence-corrected chi connectivity index (χ4v) is 2.15. The molecule has 0 spiro atoms. The van der Waals surface area contributed by atoms with Crippen LogP contribution in [0.1, 0.15) is 22.3 Å². The molecule has 0 aliphatic carbocycles. The van der Waals surface area contributed by atoms with E-state index in [1.54, 1.807) is 0 Å². The molecule has 0 unspecified atom stereocenters. The van der Waals surface area contributed by atoms with Crippen molar-refractivity contribution in [1.29, 1.82) is 0 Å². The van der Waals surface area contributed by atoms with Crippen LogP contribution < -0.4 is 5.32 Å². The first kappa shape index (κ1) is 15.6. The number of hydrogen-bond donors (Lipinski definition) is 2. The Morgan fingerprint density at radius 2 is 1.59 bits per heavy atom. The summed E-state index contributed by atoms with van der Waals surface area (Å²) in [5.41, 5.74) is 4.53. The molecule has 2 aromatic carbocycles. The van der Waals surface area contributed by atoms with Crippen molar-refractivity contribution in [3.05, 3.63) is 71.3 Å². The Labute approximate surface area is 130 Å². The molecule has 0 radical (unpaired) electrons. The van der Waals surface area contributed by atoms with E-state index in [-0.39, 0.29) is 5.91 Å². The maximum atomic E-state index is 11.2. The van der Waals surface area contributed by atoms with Crippen LogP contribution in [-0.4, -0.2) is 11.0 Å². The third kappa shape index (κ3) is 3.85. The Balaban J connectivity index is 2.13. The summed E-state index contributed by atoms with van der Waals surface area (Å²) in [5.74, 6) is 0.123. The molecule has 0 saturated heterocycles. The molecule has 0 aromatic heterocycles. The van der Waals surface area contributed by atoms with Gasteiger partial charge in [0.25, 0.3) is 0 Å². The molecular formula is C19H19NO2. The minimum atomic E-state index is -0.224. The van der Waals surface area contributed by atoms with Crippen LogP contribution in [0, 0.1) is 13.8 Å². The second-order valence-electron chi connectivity index (χ2n) is 5.15. The SMILES string of the molecule is C=CC(=O)Nc1ccc(C=Cc2cc(C)c(O)c(C)c2)cc1. The van der Waals surface area contributed by atoms with Crippen LogP contribution in [0.4, 0.5) is 5.69 Å². The van der Waals surface area contributed by atoms with Crippen molar-refractivity contribution in [1.82, 2.24) is 0 Å². The summed E-state index contributed by atoms with van der Waals surface area (Å²) in [5, 5.41) is 12.5. The van der Waals surface area contributed by atoms with Crippen molar-refractivity contribution < 1.29 is 9.90 Å². The summed E-state index contributed by atoms with van der Waals surface area (Å²) in [6.45, 7) is 7.19. The smallest absolute Gasteiger partial charge is 0.247 e. The van der Waals surface area contributed by atoms with Gasteiger partial charge in [-0.25, -0.2) is 0 Å². The number of amides is 1. The Morgan fingerprint density at radius 1 is 1.05 bits per heavy atom. The number of aryl methyl sites for hydroxylation is 2. The maximum Gasteiger partial charge on any atom is 0.247 e. The summed E-state index contributed by atoms with van der Waals surface area (Å²) in [6.07, 6.45) is 5.23. The molecular weight excluding hydrogens is 274 g/mol. The molecule has 1 amide bonds. The number of benzene rings is 2. The van der Waals surface area contributed by atoms with Crippen LogP contribution in [0.15, 0.2) is 49.1 Å². The molecule has 2 N–H and O–H groups in total. The average molecular weight is 293 g/mol. The molecule has 0 fully saturated rings. The fraction of sp³-hybridized carbons (Fsp3) is 0.105. The number of nitrogens with one attached hydrogen (secondary N) is 1.